The van der Waals surface area contributed by atoms with Crippen molar-refractivity contribution in [3.05, 3.63) is 0 Å². The third-order valence-electron chi connectivity index (χ3n) is 3.53. The van der Waals surface area contributed by atoms with Crippen LogP contribution in [0.5, 0.6) is 0 Å². The first-order chi connectivity index (χ1) is 8.36. The molecule has 0 aromatic carbocycles. The van der Waals surface area contributed by atoms with Gasteiger partial charge in [-0.05, 0) is 64.2 Å². The van der Waals surface area contributed by atoms with Crippen LogP contribution in [0.4, 0.5) is 0 Å². The summed E-state index contributed by atoms with van der Waals surface area (Å²) in [7, 11) is 1.79. The molecule has 0 aliphatic carbocycles. The van der Waals surface area contributed by atoms with Gasteiger partial charge in [-0.1, -0.05) is 6.92 Å². The molecule has 1 aliphatic rings. The zero-order valence-electron chi connectivity index (χ0n) is 11.7. The normalized spacial score (nSPS) is 21.0. The maximum absolute atomic E-state index is 5.11. The lowest BCUT2D eigenvalue weighted by Crippen LogP contribution is -2.39. The van der Waals surface area contributed by atoms with E-state index in [4.69, 9.17) is 4.74 Å². The number of ether oxygens (including phenoxy) is 1. The van der Waals surface area contributed by atoms with Crippen LogP contribution in [-0.2, 0) is 4.74 Å². The fourth-order valence-electron chi connectivity index (χ4n) is 2.64. The second kappa shape index (κ2) is 9.86. The molecular formula is C14H30N2O. The Morgan fingerprint density at radius 1 is 1.29 bits per heavy atom. The van der Waals surface area contributed by atoms with E-state index in [9.17, 15) is 0 Å². The van der Waals surface area contributed by atoms with Crippen LogP contribution in [0.3, 0.4) is 0 Å². The lowest BCUT2D eigenvalue weighted by molar-refractivity contribution is 0.173. The first kappa shape index (κ1) is 14.9. The van der Waals surface area contributed by atoms with Gasteiger partial charge < -0.3 is 15.0 Å². The molecule has 1 aliphatic heterocycles. The Morgan fingerprint density at radius 2 is 2.18 bits per heavy atom. The maximum atomic E-state index is 5.11. The van der Waals surface area contributed by atoms with E-state index in [0.29, 0.717) is 0 Å². The number of piperidine rings is 1. The van der Waals surface area contributed by atoms with Crippen LogP contribution in [0.2, 0.25) is 0 Å². The van der Waals surface area contributed by atoms with Crippen molar-refractivity contribution >= 4 is 0 Å². The van der Waals surface area contributed by atoms with Gasteiger partial charge in [0.2, 0.25) is 0 Å². The van der Waals surface area contributed by atoms with Crippen LogP contribution >= 0.6 is 0 Å². The topological polar surface area (TPSA) is 24.5 Å². The first-order valence-corrected chi connectivity index (χ1v) is 7.28. The molecule has 0 amide bonds. The minimum absolute atomic E-state index is 0.873. The van der Waals surface area contributed by atoms with E-state index in [0.717, 1.165) is 12.5 Å². The quantitative estimate of drug-likeness (QED) is 0.627. The summed E-state index contributed by atoms with van der Waals surface area (Å²) in [5, 5.41) is 3.51. The summed E-state index contributed by atoms with van der Waals surface area (Å²) in [6.07, 6.45) is 6.50. The highest BCUT2D eigenvalue weighted by Crippen LogP contribution is 2.12. The Bertz CT molecular complexity index is 170. The van der Waals surface area contributed by atoms with Crippen LogP contribution in [0.15, 0.2) is 0 Å². The van der Waals surface area contributed by atoms with Crippen LogP contribution in [-0.4, -0.2) is 51.3 Å². The Balaban J connectivity index is 2.16. The molecule has 1 heterocycles. The second-order valence-electron chi connectivity index (χ2n) is 5.21. The number of methoxy groups -OCH3 is 1. The van der Waals surface area contributed by atoms with Crippen molar-refractivity contribution in [2.24, 2.45) is 5.92 Å². The molecule has 0 aromatic rings. The smallest absolute Gasteiger partial charge is 0.0462 e. The average molecular weight is 242 g/mol. The molecule has 0 bridgehead atoms. The minimum Gasteiger partial charge on any atom is -0.385 e. The monoisotopic (exact) mass is 242 g/mol. The highest BCUT2D eigenvalue weighted by molar-refractivity contribution is 4.73. The molecular weight excluding hydrogens is 212 g/mol. The van der Waals surface area contributed by atoms with Crippen molar-refractivity contribution in [3.8, 4) is 0 Å². The predicted molar refractivity (Wildman–Crippen MR) is 73.4 cm³/mol. The minimum atomic E-state index is 0.873. The van der Waals surface area contributed by atoms with Gasteiger partial charge in [0.05, 0.1) is 0 Å². The van der Waals surface area contributed by atoms with Gasteiger partial charge in [0, 0.05) is 20.3 Å². The van der Waals surface area contributed by atoms with E-state index in [1.807, 2.05) is 0 Å². The number of nitrogens with one attached hydrogen (secondary N) is 1. The summed E-state index contributed by atoms with van der Waals surface area (Å²) in [6.45, 7) is 9.41. The largest absolute Gasteiger partial charge is 0.385 e. The lowest BCUT2D eigenvalue weighted by Gasteiger charge is -2.30. The fourth-order valence-corrected chi connectivity index (χ4v) is 2.64. The summed E-state index contributed by atoms with van der Waals surface area (Å²) in [4.78, 5) is 2.65. The fraction of sp³-hybridized carbons (Fsp3) is 1.00. The van der Waals surface area contributed by atoms with Crippen molar-refractivity contribution < 1.29 is 4.74 Å². The van der Waals surface area contributed by atoms with Crippen molar-refractivity contribution in [1.82, 2.24) is 10.2 Å². The molecule has 1 N–H and O–H groups in total. The SMILES string of the molecule is CCCN(CCCCOC)CC1CCCNC1. The molecule has 0 radical (unpaired) electrons. The highest BCUT2D eigenvalue weighted by atomic mass is 16.5. The van der Waals surface area contributed by atoms with Gasteiger partial charge in [-0.15, -0.1) is 0 Å². The Morgan fingerprint density at radius 3 is 2.82 bits per heavy atom. The van der Waals surface area contributed by atoms with Crippen LogP contribution in [0.1, 0.15) is 39.0 Å². The molecule has 0 spiro atoms. The Kier molecular flexibility index (Phi) is 8.67. The number of nitrogens with zero attached hydrogens (tertiary/aromatic N) is 1. The van der Waals surface area contributed by atoms with E-state index < -0.39 is 0 Å². The Hall–Kier alpha value is -0.120. The molecule has 0 saturated carbocycles. The van der Waals surface area contributed by atoms with E-state index >= 15 is 0 Å². The predicted octanol–water partition coefficient (Wildman–Crippen LogP) is 2.12. The molecule has 1 unspecified atom stereocenters. The summed E-state index contributed by atoms with van der Waals surface area (Å²) >= 11 is 0. The summed E-state index contributed by atoms with van der Waals surface area (Å²) < 4.78 is 5.11. The van der Waals surface area contributed by atoms with Crippen LogP contribution in [0.25, 0.3) is 0 Å². The highest BCUT2D eigenvalue weighted by Gasteiger charge is 2.16. The van der Waals surface area contributed by atoms with Gasteiger partial charge in [0.15, 0.2) is 0 Å². The van der Waals surface area contributed by atoms with Gasteiger partial charge >= 0.3 is 0 Å². The third kappa shape index (κ3) is 7.02. The Labute approximate surface area is 107 Å². The number of hydrogen-bond donors (Lipinski definition) is 1. The molecule has 102 valence electrons. The first-order valence-electron chi connectivity index (χ1n) is 7.28. The molecule has 1 atom stereocenters. The molecule has 0 aromatic heterocycles. The number of hydrogen-bond acceptors (Lipinski definition) is 3. The van der Waals surface area contributed by atoms with Crippen molar-refractivity contribution in [2.75, 3.05) is 46.4 Å². The van der Waals surface area contributed by atoms with E-state index in [-0.39, 0.29) is 0 Å². The van der Waals surface area contributed by atoms with Gasteiger partial charge in [-0.25, -0.2) is 0 Å². The lowest BCUT2D eigenvalue weighted by atomic mass is 9.99. The average Bonchev–Trinajstić information content (AvgIpc) is 2.36. The molecule has 1 rings (SSSR count). The van der Waals surface area contributed by atoms with Crippen molar-refractivity contribution in [2.45, 2.75) is 39.0 Å². The molecule has 3 heteroatoms. The molecule has 1 saturated heterocycles. The summed E-state index contributed by atoms with van der Waals surface area (Å²) in [5.74, 6) is 0.873. The summed E-state index contributed by atoms with van der Waals surface area (Å²) in [6, 6.07) is 0. The zero-order valence-corrected chi connectivity index (χ0v) is 11.7. The van der Waals surface area contributed by atoms with E-state index in [2.05, 4.69) is 17.1 Å². The standard InChI is InChI=1S/C14H30N2O/c1-3-9-16(10-4-5-11-17-2)13-14-7-6-8-15-12-14/h14-15H,3-13H2,1-2H3. The van der Waals surface area contributed by atoms with Crippen molar-refractivity contribution in [1.29, 1.82) is 0 Å². The third-order valence-corrected chi connectivity index (χ3v) is 3.53. The second-order valence-corrected chi connectivity index (χ2v) is 5.21. The number of rotatable bonds is 9. The van der Waals surface area contributed by atoms with Gasteiger partial charge in [-0.2, -0.15) is 0 Å². The number of unbranched alkanes of at least 4 members (excludes halogenated alkanes) is 1. The summed E-state index contributed by atoms with van der Waals surface area (Å²) in [5.41, 5.74) is 0. The molecule has 3 nitrogen and oxygen atoms in total. The maximum Gasteiger partial charge on any atom is 0.0462 e. The molecule has 1 fully saturated rings. The molecule has 17 heavy (non-hydrogen) atoms. The van der Waals surface area contributed by atoms with Gasteiger partial charge in [-0.3, -0.25) is 0 Å². The van der Waals surface area contributed by atoms with Crippen molar-refractivity contribution in [3.63, 3.8) is 0 Å². The van der Waals surface area contributed by atoms with Crippen LogP contribution < -0.4 is 5.32 Å². The van der Waals surface area contributed by atoms with Crippen LogP contribution in [0, 0.1) is 5.92 Å². The van der Waals surface area contributed by atoms with Gasteiger partial charge in [0.25, 0.3) is 0 Å². The van der Waals surface area contributed by atoms with Gasteiger partial charge in [0.1, 0.15) is 0 Å². The van der Waals surface area contributed by atoms with E-state index in [1.54, 1.807) is 7.11 Å². The van der Waals surface area contributed by atoms with E-state index in [1.165, 1.54) is 64.8 Å². The zero-order chi connectivity index (χ0) is 12.3.